The second-order valence-corrected chi connectivity index (χ2v) is 5.32. The molecule has 0 bridgehead atoms. The molecule has 110 valence electrons. The van der Waals surface area contributed by atoms with Gasteiger partial charge in [-0.1, -0.05) is 0 Å². The van der Waals surface area contributed by atoms with Gasteiger partial charge in [-0.15, -0.1) is 11.3 Å². The molecule has 1 atom stereocenters. The fourth-order valence-electron chi connectivity index (χ4n) is 1.89. The summed E-state index contributed by atoms with van der Waals surface area (Å²) in [5.41, 5.74) is 0.877. The molecule has 1 fully saturated rings. The van der Waals surface area contributed by atoms with E-state index in [2.05, 4.69) is 15.0 Å². The minimum Gasteiger partial charge on any atom is -0.467 e. The predicted molar refractivity (Wildman–Crippen MR) is 73.7 cm³/mol. The summed E-state index contributed by atoms with van der Waals surface area (Å²) < 4.78 is 9.95. The molecule has 0 aliphatic carbocycles. The van der Waals surface area contributed by atoms with Gasteiger partial charge in [0, 0.05) is 18.5 Å². The van der Waals surface area contributed by atoms with Crippen LogP contribution in [0.1, 0.15) is 5.69 Å². The molecule has 1 unspecified atom stereocenters. The number of aryl methyl sites for hydroxylation is 1. The molecule has 0 saturated carbocycles. The quantitative estimate of drug-likeness (QED) is 0.804. The van der Waals surface area contributed by atoms with Gasteiger partial charge in [-0.3, -0.25) is 9.69 Å². The van der Waals surface area contributed by atoms with E-state index in [1.165, 1.54) is 18.4 Å². The topological polar surface area (TPSA) is 80.8 Å². The van der Waals surface area contributed by atoms with Crippen LogP contribution in [0, 0.1) is 6.92 Å². The number of thiazole rings is 1. The highest BCUT2D eigenvalue weighted by Gasteiger charge is 2.28. The molecule has 1 N–H and O–H groups in total. The van der Waals surface area contributed by atoms with Gasteiger partial charge in [-0.2, -0.15) is 0 Å². The van der Waals surface area contributed by atoms with E-state index in [9.17, 15) is 9.59 Å². The lowest BCUT2D eigenvalue weighted by atomic mass is 10.2. The third-order valence-corrected chi connectivity index (χ3v) is 3.72. The number of esters is 1. The number of ether oxygens (including phenoxy) is 2. The number of methoxy groups -OCH3 is 1. The molecule has 1 aromatic rings. The van der Waals surface area contributed by atoms with Crippen molar-refractivity contribution < 1.29 is 19.1 Å². The maximum Gasteiger partial charge on any atom is 0.336 e. The van der Waals surface area contributed by atoms with E-state index in [-0.39, 0.29) is 12.5 Å². The fraction of sp³-hybridized carbons (Fsp3) is 0.583. The Bertz CT molecular complexity index is 491. The van der Waals surface area contributed by atoms with Crippen molar-refractivity contribution in [1.82, 2.24) is 9.88 Å². The van der Waals surface area contributed by atoms with Crippen molar-refractivity contribution in [3.8, 4) is 0 Å². The van der Waals surface area contributed by atoms with Gasteiger partial charge < -0.3 is 14.8 Å². The van der Waals surface area contributed by atoms with Crippen LogP contribution in [-0.2, 0) is 19.1 Å². The number of aromatic nitrogens is 1. The fourth-order valence-corrected chi connectivity index (χ4v) is 2.60. The monoisotopic (exact) mass is 299 g/mol. The van der Waals surface area contributed by atoms with Gasteiger partial charge in [0.05, 0.1) is 26.0 Å². The molecule has 1 aromatic heterocycles. The van der Waals surface area contributed by atoms with Crippen molar-refractivity contribution >= 4 is 28.3 Å². The number of carbonyl (C=O) groups excluding carboxylic acids is 2. The largest absolute Gasteiger partial charge is 0.467 e. The second kappa shape index (κ2) is 6.78. The zero-order chi connectivity index (χ0) is 14.5. The highest BCUT2D eigenvalue weighted by atomic mass is 32.1. The number of anilines is 1. The Morgan fingerprint density at radius 1 is 1.65 bits per heavy atom. The van der Waals surface area contributed by atoms with Gasteiger partial charge >= 0.3 is 5.97 Å². The molecule has 20 heavy (non-hydrogen) atoms. The molecule has 2 rings (SSSR count). The SMILES string of the molecule is COC(=O)C1CN(CC(=O)Nc2nc(C)cs2)CCO1. The Hall–Kier alpha value is -1.51. The number of hydrogen-bond donors (Lipinski definition) is 1. The Morgan fingerprint density at radius 3 is 3.10 bits per heavy atom. The van der Waals surface area contributed by atoms with Crippen molar-refractivity contribution in [3.05, 3.63) is 11.1 Å². The third-order valence-electron chi connectivity index (χ3n) is 2.85. The predicted octanol–water partition coefficient (Wildman–Crippen LogP) is 0.264. The lowest BCUT2D eigenvalue weighted by molar-refractivity contribution is -0.160. The standard InChI is InChI=1S/C12H17N3O4S/c1-8-7-20-12(13-8)14-10(16)6-15-3-4-19-9(5-15)11(17)18-2/h7,9H,3-6H2,1-2H3,(H,13,14,16). The van der Waals surface area contributed by atoms with Crippen LogP contribution in [-0.4, -0.2) is 61.2 Å². The molecule has 1 amide bonds. The average molecular weight is 299 g/mol. The van der Waals surface area contributed by atoms with Gasteiger partial charge in [-0.25, -0.2) is 9.78 Å². The van der Waals surface area contributed by atoms with Crippen LogP contribution in [0.2, 0.25) is 0 Å². The summed E-state index contributed by atoms with van der Waals surface area (Å²) in [6.07, 6.45) is -0.622. The van der Waals surface area contributed by atoms with E-state index < -0.39 is 12.1 Å². The first-order valence-corrected chi connectivity index (χ1v) is 7.10. The van der Waals surface area contributed by atoms with E-state index in [0.717, 1.165) is 5.69 Å². The summed E-state index contributed by atoms with van der Waals surface area (Å²) in [7, 11) is 1.32. The van der Waals surface area contributed by atoms with Crippen LogP contribution in [0.4, 0.5) is 5.13 Å². The molecule has 0 aromatic carbocycles. The molecule has 1 aliphatic rings. The van der Waals surface area contributed by atoms with Crippen molar-refractivity contribution in [2.75, 3.05) is 38.7 Å². The third kappa shape index (κ3) is 3.99. The summed E-state index contributed by atoms with van der Waals surface area (Å²) in [6.45, 7) is 3.45. The first-order chi connectivity index (χ1) is 9.58. The molecule has 1 saturated heterocycles. The lowest BCUT2D eigenvalue weighted by Crippen LogP contribution is -2.48. The maximum atomic E-state index is 11.9. The molecule has 1 aliphatic heterocycles. The van der Waals surface area contributed by atoms with Crippen molar-refractivity contribution in [3.63, 3.8) is 0 Å². The van der Waals surface area contributed by atoms with Crippen LogP contribution in [0.3, 0.4) is 0 Å². The first kappa shape index (κ1) is 14.9. The van der Waals surface area contributed by atoms with E-state index in [0.29, 0.717) is 24.8 Å². The van der Waals surface area contributed by atoms with Gasteiger partial charge in [0.2, 0.25) is 5.91 Å². The molecule has 0 spiro atoms. The lowest BCUT2D eigenvalue weighted by Gasteiger charge is -2.30. The molecule has 0 radical (unpaired) electrons. The van der Waals surface area contributed by atoms with Crippen LogP contribution in [0.15, 0.2) is 5.38 Å². The van der Waals surface area contributed by atoms with Crippen LogP contribution >= 0.6 is 11.3 Å². The molecule has 2 heterocycles. The second-order valence-electron chi connectivity index (χ2n) is 4.46. The number of amides is 1. The van der Waals surface area contributed by atoms with Gasteiger partial charge in [0.15, 0.2) is 11.2 Å². The number of morpholine rings is 1. The van der Waals surface area contributed by atoms with E-state index in [4.69, 9.17) is 4.74 Å². The maximum absolute atomic E-state index is 11.9. The highest BCUT2D eigenvalue weighted by molar-refractivity contribution is 7.13. The van der Waals surface area contributed by atoms with E-state index in [1.807, 2.05) is 17.2 Å². The number of nitrogens with one attached hydrogen (secondary N) is 1. The molecular formula is C12H17N3O4S. The normalized spacial score (nSPS) is 19.6. The number of rotatable bonds is 4. The van der Waals surface area contributed by atoms with Crippen molar-refractivity contribution in [1.29, 1.82) is 0 Å². The Kier molecular flexibility index (Phi) is 5.05. The Balaban J connectivity index is 1.83. The molecule has 7 nitrogen and oxygen atoms in total. The number of hydrogen-bond acceptors (Lipinski definition) is 7. The molecular weight excluding hydrogens is 282 g/mol. The van der Waals surface area contributed by atoms with Gasteiger partial charge in [0.1, 0.15) is 0 Å². The summed E-state index contributed by atoms with van der Waals surface area (Å²) in [6, 6.07) is 0. The zero-order valence-electron chi connectivity index (χ0n) is 11.4. The van der Waals surface area contributed by atoms with Crippen LogP contribution in [0.25, 0.3) is 0 Å². The number of carbonyl (C=O) groups is 2. The Labute approximate surface area is 120 Å². The van der Waals surface area contributed by atoms with E-state index >= 15 is 0 Å². The molecule has 8 heteroatoms. The number of nitrogens with zero attached hydrogens (tertiary/aromatic N) is 2. The smallest absolute Gasteiger partial charge is 0.336 e. The average Bonchev–Trinajstić information content (AvgIpc) is 2.83. The minimum atomic E-state index is -0.622. The van der Waals surface area contributed by atoms with Crippen molar-refractivity contribution in [2.24, 2.45) is 0 Å². The van der Waals surface area contributed by atoms with Gasteiger partial charge in [0.25, 0.3) is 0 Å². The van der Waals surface area contributed by atoms with Crippen LogP contribution < -0.4 is 5.32 Å². The summed E-state index contributed by atoms with van der Waals surface area (Å²) in [5.74, 6) is -0.560. The summed E-state index contributed by atoms with van der Waals surface area (Å²) >= 11 is 1.39. The minimum absolute atomic E-state index is 0.148. The zero-order valence-corrected chi connectivity index (χ0v) is 12.2. The van der Waals surface area contributed by atoms with Crippen molar-refractivity contribution in [2.45, 2.75) is 13.0 Å². The highest BCUT2D eigenvalue weighted by Crippen LogP contribution is 2.14. The Morgan fingerprint density at radius 2 is 2.45 bits per heavy atom. The first-order valence-electron chi connectivity index (χ1n) is 6.22. The summed E-state index contributed by atoms with van der Waals surface area (Å²) in [5, 5.41) is 5.20. The van der Waals surface area contributed by atoms with Gasteiger partial charge in [-0.05, 0) is 6.92 Å². The summed E-state index contributed by atoms with van der Waals surface area (Å²) in [4.78, 5) is 29.3. The van der Waals surface area contributed by atoms with Crippen LogP contribution in [0.5, 0.6) is 0 Å². The van der Waals surface area contributed by atoms with E-state index in [1.54, 1.807) is 0 Å².